The van der Waals surface area contributed by atoms with Crippen molar-refractivity contribution in [2.45, 2.75) is 19.4 Å². The van der Waals surface area contributed by atoms with E-state index in [-0.39, 0.29) is 11.9 Å². The smallest absolute Gasteiger partial charge is 0.167 e. The summed E-state index contributed by atoms with van der Waals surface area (Å²) in [6, 6.07) is 4.94. The number of halogens is 1. The van der Waals surface area contributed by atoms with Gasteiger partial charge in [-0.15, -0.1) is 0 Å². The van der Waals surface area contributed by atoms with Crippen molar-refractivity contribution in [3.63, 3.8) is 0 Å². The summed E-state index contributed by atoms with van der Waals surface area (Å²) in [6.07, 6.45) is 1.15. The molecular weight excluding hydrogens is 247 g/mol. The molecule has 1 unspecified atom stereocenters. The Labute approximate surface area is 113 Å². The normalized spacial score (nSPS) is 19.2. The van der Waals surface area contributed by atoms with Gasteiger partial charge in [0.15, 0.2) is 11.6 Å². The molecule has 1 aliphatic heterocycles. The van der Waals surface area contributed by atoms with Crippen molar-refractivity contribution in [2.24, 2.45) is 0 Å². The van der Waals surface area contributed by atoms with Crippen LogP contribution in [0.2, 0.25) is 0 Å². The predicted molar refractivity (Wildman–Crippen MR) is 73.3 cm³/mol. The van der Waals surface area contributed by atoms with Crippen LogP contribution in [0.4, 0.5) is 10.1 Å². The number of morpholine rings is 1. The molecule has 0 bridgehead atoms. The number of hydrogen-bond acceptors (Lipinski definition) is 4. The Hall–Kier alpha value is -1.33. The minimum atomic E-state index is -0.331. The Kier molecular flexibility index (Phi) is 5.42. The molecule has 1 aromatic carbocycles. The van der Waals surface area contributed by atoms with E-state index in [1.165, 1.54) is 6.07 Å². The van der Waals surface area contributed by atoms with E-state index in [1.54, 1.807) is 6.07 Å². The summed E-state index contributed by atoms with van der Waals surface area (Å²) in [5, 5.41) is 6.48. The van der Waals surface area contributed by atoms with Crippen molar-refractivity contribution in [1.29, 1.82) is 0 Å². The fourth-order valence-electron chi connectivity index (χ4n) is 2.07. The van der Waals surface area contributed by atoms with Gasteiger partial charge in [-0.05, 0) is 25.5 Å². The molecule has 1 aliphatic rings. The Balaban J connectivity index is 1.77. The Morgan fingerprint density at radius 3 is 3.11 bits per heavy atom. The van der Waals surface area contributed by atoms with Gasteiger partial charge in [0.25, 0.3) is 0 Å². The average molecular weight is 268 g/mol. The zero-order chi connectivity index (χ0) is 13.5. The molecular formula is C14H21FN2O2. The van der Waals surface area contributed by atoms with E-state index in [0.717, 1.165) is 38.3 Å². The maximum absolute atomic E-state index is 13.6. The van der Waals surface area contributed by atoms with E-state index in [2.05, 4.69) is 10.6 Å². The highest BCUT2D eigenvalue weighted by molar-refractivity contribution is 5.47. The standard InChI is InChI=1S/C14H21FN2O2/c1-2-18-14-4-3-11(9-13(14)15)17-6-5-12-10-16-7-8-19-12/h3-4,9,12,16-17H,2,5-8,10H2,1H3. The third-order valence-electron chi connectivity index (χ3n) is 3.03. The van der Waals surface area contributed by atoms with Crippen molar-refractivity contribution in [1.82, 2.24) is 5.32 Å². The first-order valence-electron chi connectivity index (χ1n) is 6.78. The molecule has 1 saturated heterocycles. The first-order chi connectivity index (χ1) is 9.29. The summed E-state index contributed by atoms with van der Waals surface area (Å²) in [7, 11) is 0. The molecule has 1 fully saturated rings. The maximum atomic E-state index is 13.6. The van der Waals surface area contributed by atoms with Gasteiger partial charge in [-0.3, -0.25) is 0 Å². The maximum Gasteiger partial charge on any atom is 0.167 e. The van der Waals surface area contributed by atoms with Crippen LogP contribution in [-0.4, -0.2) is 39.0 Å². The summed E-state index contributed by atoms with van der Waals surface area (Å²) in [5.74, 6) is -0.0321. The van der Waals surface area contributed by atoms with E-state index in [1.807, 2.05) is 13.0 Å². The molecule has 2 rings (SSSR count). The molecule has 4 nitrogen and oxygen atoms in total. The molecule has 1 atom stereocenters. The molecule has 2 N–H and O–H groups in total. The van der Waals surface area contributed by atoms with E-state index >= 15 is 0 Å². The molecule has 0 saturated carbocycles. The molecule has 0 aromatic heterocycles. The van der Waals surface area contributed by atoms with Crippen LogP contribution in [0.1, 0.15) is 13.3 Å². The summed E-state index contributed by atoms with van der Waals surface area (Å²) in [6.45, 7) is 5.65. The molecule has 0 aliphatic carbocycles. The number of anilines is 1. The third-order valence-corrected chi connectivity index (χ3v) is 3.03. The van der Waals surface area contributed by atoms with Crippen LogP contribution in [0.15, 0.2) is 18.2 Å². The fourth-order valence-corrected chi connectivity index (χ4v) is 2.07. The highest BCUT2D eigenvalue weighted by Gasteiger charge is 2.12. The lowest BCUT2D eigenvalue weighted by Crippen LogP contribution is -2.39. The van der Waals surface area contributed by atoms with Gasteiger partial charge in [-0.1, -0.05) is 0 Å². The summed E-state index contributed by atoms with van der Waals surface area (Å²) >= 11 is 0. The van der Waals surface area contributed by atoms with Crippen LogP contribution < -0.4 is 15.4 Å². The van der Waals surface area contributed by atoms with Gasteiger partial charge >= 0.3 is 0 Å². The quantitative estimate of drug-likeness (QED) is 0.828. The van der Waals surface area contributed by atoms with Crippen LogP contribution in [0, 0.1) is 5.82 Å². The topological polar surface area (TPSA) is 42.5 Å². The Morgan fingerprint density at radius 1 is 1.53 bits per heavy atom. The number of rotatable bonds is 6. The summed E-state index contributed by atoms with van der Waals surface area (Å²) in [5.41, 5.74) is 0.768. The molecule has 19 heavy (non-hydrogen) atoms. The highest BCUT2D eigenvalue weighted by Crippen LogP contribution is 2.21. The molecule has 0 radical (unpaired) electrons. The second-order valence-electron chi connectivity index (χ2n) is 4.49. The Bertz CT molecular complexity index is 395. The second kappa shape index (κ2) is 7.31. The van der Waals surface area contributed by atoms with E-state index in [0.29, 0.717) is 12.4 Å². The number of nitrogens with one attached hydrogen (secondary N) is 2. The lowest BCUT2D eigenvalue weighted by Gasteiger charge is -2.23. The van der Waals surface area contributed by atoms with Crippen LogP contribution in [0.25, 0.3) is 0 Å². The first kappa shape index (κ1) is 14.1. The predicted octanol–water partition coefficient (Wildman–Crippen LogP) is 2.01. The third kappa shape index (κ3) is 4.36. The van der Waals surface area contributed by atoms with Gasteiger partial charge in [0, 0.05) is 31.4 Å². The SMILES string of the molecule is CCOc1ccc(NCCC2CNCCO2)cc1F. The molecule has 106 valence electrons. The number of hydrogen-bond donors (Lipinski definition) is 2. The highest BCUT2D eigenvalue weighted by atomic mass is 19.1. The molecule has 5 heteroatoms. The van der Waals surface area contributed by atoms with E-state index in [9.17, 15) is 4.39 Å². The number of benzene rings is 1. The molecule has 0 amide bonds. The van der Waals surface area contributed by atoms with Crippen LogP contribution in [0.3, 0.4) is 0 Å². The lowest BCUT2D eigenvalue weighted by molar-refractivity contribution is 0.0258. The van der Waals surface area contributed by atoms with E-state index < -0.39 is 0 Å². The fraction of sp³-hybridized carbons (Fsp3) is 0.571. The average Bonchev–Trinajstić information content (AvgIpc) is 2.43. The van der Waals surface area contributed by atoms with Crippen LogP contribution in [0.5, 0.6) is 5.75 Å². The molecule has 1 heterocycles. The zero-order valence-electron chi connectivity index (χ0n) is 11.2. The lowest BCUT2D eigenvalue weighted by atomic mass is 10.2. The van der Waals surface area contributed by atoms with Gasteiger partial charge in [0.1, 0.15) is 0 Å². The molecule has 0 spiro atoms. The van der Waals surface area contributed by atoms with E-state index in [4.69, 9.17) is 9.47 Å². The van der Waals surface area contributed by atoms with Gasteiger partial charge in [-0.25, -0.2) is 4.39 Å². The van der Waals surface area contributed by atoms with Gasteiger partial charge < -0.3 is 20.1 Å². The van der Waals surface area contributed by atoms with Crippen molar-refractivity contribution >= 4 is 5.69 Å². The monoisotopic (exact) mass is 268 g/mol. The minimum Gasteiger partial charge on any atom is -0.491 e. The summed E-state index contributed by atoms with van der Waals surface area (Å²) < 4.78 is 24.4. The van der Waals surface area contributed by atoms with Crippen molar-refractivity contribution in [3.05, 3.63) is 24.0 Å². The molecule has 1 aromatic rings. The number of ether oxygens (including phenoxy) is 2. The van der Waals surface area contributed by atoms with Crippen molar-refractivity contribution in [3.8, 4) is 5.75 Å². The van der Waals surface area contributed by atoms with Crippen LogP contribution >= 0.6 is 0 Å². The zero-order valence-corrected chi connectivity index (χ0v) is 11.2. The van der Waals surface area contributed by atoms with Crippen molar-refractivity contribution < 1.29 is 13.9 Å². The Morgan fingerprint density at radius 2 is 2.42 bits per heavy atom. The van der Waals surface area contributed by atoms with Crippen molar-refractivity contribution in [2.75, 3.05) is 38.2 Å². The van der Waals surface area contributed by atoms with Gasteiger partial charge in [0.2, 0.25) is 0 Å². The summed E-state index contributed by atoms with van der Waals surface area (Å²) in [4.78, 5) is 0. The minimum absolute atomic E-state index is 0.244. The largest absolute Gasteiger partial charge is 0.491 e. The first-order valence-corrected chi connectivity index (χ1v) is 6.78. The van der Waals surface area contributed by atoms with Gasteiger partial charge in [0.05, 0.1) is 19.3 Å². The second-order valence-corrected chi connectivity index (χ2v) is 4.49. The van der Waals surface area contributed by atoms with Gasteiger partial charge in [-0.2, -0.15) is 0 Å². The van der Waals surface area contributed by atoms with Crippen LogP contribution in [-0.2, 0) is 4.74 Å².